The van der Waals surface area contributed by atoms with E-state index < -0.39 is 0 Å². The van der Waals surface area contributed by atoms with Crippen LogP contribution in [0.1, 0.15) is 19.8 Å². The lowest BCUT2D eigenvalue weighted by molar-refractivity contribution is -0.101. The first-order valence-electron chi connectivity index (χ1n) is 3.75. The van der Waals surface area contributed by atoms with E-state index in [2.05, 4.69) is 11.8 Å². The molecule has 2 nitrogen and oxygen atoms in total. The molecule has 3 rings (SSSR count). The number of hydrogen-bond acceptors (Lipinski definition) is 2. The smallest absolute Gasteiger partial charge is 0.0699 e. The van der Waals surface area contributed by atoms with Gasteiger partial charge >= 0.3 is 0 Å². The molecular weight excluding hydrogens is 112 g/mol. The summed E-state index contributed by atoms with van der Waals surface area (Å²) in [6.07, 6.45) is 2.71. The fourth-order valence-corrected chi connectivity index (χ4v) is 2.04. The average Bonchev–Trinajstić information content (AvgIpc) is 1.89. The molecule has 0 saturated carbocycles. The summed E-state index contributed by atoms with van der Waals surface area (Å²) >= 11 is 0. The largest absolute Gasteiger partial charge is 0.313 e. The summed E-state index contributed by atoms with van der Waals surface area (Å²) in [7, 11) is 0. The van der Waals surface area contributed by atoms with Crippen LogP contribution in [0.4, 0.5) is 0 Å². The van der Waals surface area contributed by atoms with Gasteiger partial charge < -0.3 is 5.73 Å². The van der Waals surface area contributed by atoms with Crippen molar-refractivity contribution in [3.63, 3.8) is 0 Å². The maximum absolute atomic E-state index is 6.00. The molecule has 3 fully saturated rings. The lowest BCUT2D eigenvalue weighted by Gasteiger charge is -2.58. The summed E-state index contributed by atoms with van der Waals surface area (Å²) in [5, 5.41) is 0. The van der Waals surface area contributed by atoms with E-state index in [9.17, 15) is 0 Å². The Kier molecular flexibility index (Phi) is 0.945. The van der Waals surface area contributed by atoms with Crippen molar-refractivity contribution in [1.82, 2.24) is 4.90 Å². The molecule has 0 aliphatic carbocycles. The zero-order valence-corrected chi connectivity index (χ0v) is 5.93. The van der Waals surface area contributed by atoms with Gasteiger partial charge in [0.25, 0.3) is 0 Å². The van der Waals surface area contributed by atoms with Crippen LogP contribution >= 0.6 is 0 Å². The lowest BCUT2D eigenvalue weighted by atomic mass is 9.76. The Morgan fingerprint density at radius 2 is 2.44 bits per heavy atom. The molecule has 3 saturated heterocycles. The molecule has 3 aliphatic rings. The normalized spacial score (nSPS) is 56.7. The second-order valence-corrected chi connectivity index (χ2v) is 3.51. The molecule has 0 spiro atoms. The van der Waals surface area contributed by atoms with E-state index in [1.165, 1.54) is 25.9 Å². The molecule has 0 aromatic rings. The van der Waals surface area contributed by atoms with Gasteiger partial charge in [-0.25, -0.2) is 0 Å². The van der Waals surface area contributed by atoms with Gasteiger partial charge in [-0.1, -0.05) is 0 Å². The maximum Gasteiger partial charge on any atom is 0.0699 e. The monoisotopic (exact) mass is 126 g/mol. The molecule has 9 heavy (non-hydrogen) atoms. The Bertz CT molecular complexity index is 115. The van der Waals surface area contributed by atoms with Gasteiger partial charge in [-0.3, -0.25) is 4.90 Å². The molecule has 2 bridgehead atoms. The van der Waals surface area contributed by atoms with Crippen molar-refractivity contribution in [2.75, 3.05) is 13.1 Å². The summed E-state index contributed by atoms with van der Waals surface area (Å²) in [5.74, 6) is 0.797. The fraction of sp³-hybridized carbons (Fsp3) is 1.00. The molecule has 2 heteroatoms. The molecule has 0 amide bonds. The van der Waals surface area contributed by atoms with Gasteiger partial charge in [-0.15, -0.1) is 0 Å². The number of nitrogens with zero attached hydrogens (tertiary/aromatic N) is 1. The number of piperidine rings is 2. The quantitative estimate of drug-likeness (QED) is 0.508. The first kappa shape index (κ1) is 5.69. The summed E-state index contributed by atoms with van der Waals surface area (Å²) < 4.78 is 0. The average molecular weight is 126 g/mol. The highest BCUT2D eigenvalue weighted by Gasteiger charge is 2.48. The van der Waals surface area contributed by atoms with Crippen molar-refractivity contribution in [2.24, 2.45) is 11.7 Å². The van der Waals surface area contributed by atoms with E-state index in [1.807, 2.05) is 0 Å². The van der Waals surface area contributed by atoms with Crippen LogP contribution in [0.5, 0.6) is 0 Å². The number of rotatable bonds is 0. The third kappa shape index (κ3) is 0.578. The van der Waals surface area contributed by atoms with Gasteiger partial charge in [-0.2, -0.15) is 0 Å². The summed E-state index contributed by atoms with van der Waals surface area (Å²) in [6, 6.07) is 0. The summed E-state index contributed by atoms with van der Waals surface area (Å²) in [5.41, 5.74) is 6.06. The van der Waals surface area contributed by atoms with E-state index in [0.29, 0.717) is 0 Å². The number of hydrogen-bond donors (Lipinski definition) is 1. The van der Waals surface area contributed by atoms with Crippen LogP contribution < -0.4 is 5.73 Å². The predicted octanol–water partition coefficient (Wildman–Crippen LogP) is 0.387. The van der Waals surface area contributed by atoms with Crippen molar-refractivity contribution in [1.29, 1.82) is 0 Å². The van der Waals surface area contributed by atoms with E-state index in [0.717, 1.165) is 5.92 Å². The highest BCUT2D eigenvalue weighted by Crippen LogP contribution is 2.39. The summed E-state index contributed by atoms with van der Waals surface area (Å²) in [6.45, 7) is 4.64. The maximum atomic E-state index is 6.00. The van der Waals surface area contributed by atoms with Crippen molar-refractivity contribution >= 4 is 0 Å². The SMILES string of the molecule is CC1(N)C2CCCN1C2. The van der Waals surface area contributed by atoms with Gasteiger partial charge in [0.1, 0.15) is 0 Å². The second-order valence-electron chi connectivity index (χ2n) is 3.51. The van der Waals surface area contributed by atoms with Gasteiger partial charge in [0.05, 0.1) is 5.66 Å². The number of nitrogens with two attached hydrogens (primary N) is 1. The second kappa shape index (κ2) is 1.50. The van der Waals surface area contributed by atoms with Crippen LogP contribution in [0.25, 0.3) is 0 Å². The van der Waals surface area contributed by atoms with Crippen molar-refractivity contribution < 1.29 is 0 Å². The van der Waals surface area contributed by atoms with Crippen LogP contribution in [0.2, 0.25) is 0 Å². The van der Waals surface area contributed by atoms with Crippen molar-refractivity contribution in [3.05, 3.63) is 0 Å². The van der Waals surface area contributed by atoms with Crippen molar-refractivity contribution in [2.45, 2.75) is 25.4 Å². The van der Waals surface area contributed by atoms with Gasteiger partial charge in [0, 0.05) is 12.5 Å². The van der Waals surface area contributed by atoms with Gasteiger partial charge in [0.15, 0.2) is 0 Å². The Morgan fingerprint density at radius 1 is 1.67 bits per heavy atom. The topological polar surface area (TPSA) is 29.3 Å². The first-order chi connectivity index (χ1) is 4.21. The minimum absolute atomic E-state index is 0.0677. The molecule has 3 aliphatic heterocycles. The van der Waals surface area contributed by atoms with Crippen LogP contribution in [0, 0.1) is 5.92 Å². The van der Waals surface area contributed by atoms with Gasteiger partial charge in [-0.05, 0) is 26.3 Å². The zero-order chi connectivity index (χ0) is 6.48. The Balaban J connectivity index is 2.13. The minimum atomic E-state index is 0.0677. The number of fused-ring (bicyclic) bond motifs is 2. The zero-order valence-electron chi connectivity index (χ0n) is 5.93. The first-order valence-corrected chi connectivity index (χ1v) is 3.75. The Hall–Kier alpha value is -0.0800. The van der Waals surface area contributed by atoms with Crippen molar-refractivity contribution in [3.8, 4) is 0 Å². The highest BCUT2D eigenvalue weighted by molar-refractivity contribution is 5.01. The van der Waals surface area contributed by atoms with Crippen LogP contribution in [-0.2, 0) is 0 Å². The van der Waals surface area contributed by atoms with E-state index >= 15 is 0 Å². The molecule has 2 N–H and O–H groups in total. The molecule has 0 radical (unpaired) electrons. The third-order valence-corrected chi connectivity index (χ3v) is 2.93. The molecule has 3 atom stereocenters. The Labute approximate surface area is 56.0 Å². The Morgan fingerprint density at radius 3 is 2.67 bits per heavy atom. The molecule has 3 heterocycles. The predicted molar refractivity (Wildman–Crippen MR) is 36.9 cm³/mol. The van der Waals surface area contributed by atoms with Crippen LogP contribution in [0.15, 0.2) is 0 Å². The molecule has 52 valence electrons. The molecule has 3 unspecified atom stereocenters. The highest BCUT2D eigenvalue weighted by atomic mass is 15.3. The van der Waals surface area contributed by atoms with Crippen LogP contribution in [0.3, 0.4) is 0 Å². The fourth-order valence-electron chi connectivity index (χ4n) is 2.04. The third-order valence-electron chi connectivity index (χ3n) is 2.93. The van der Waals surface area contributed by atoms with E-state index in [1.54, 1.807) is 0 Å². The summed E-state index contributed by atoms with van der Waals surface area (Å²) in [4.78, 5) is 2.38. The minimum Gasteiger partial charge on any atom is -0.313 e. The molecule has 0 aromatic heterocycles. The van der Waals surface area contributed by atoms with Crippen LogP contribution in [-0.4, -0.2) is 23.7 Å². The van der Waals surface area contributed by atoms with E-state index in [4.69, 9.17) is 5.73 Å². The lowest BCUT2D eigenvalue weighted by Crippen LogP contribution is -2.73. The molecule has 0 aromatic carbocycles. The standard InChI is InChI=1S/C7H14N2/c1-7(8)6-3-2-4-9(7)5-6/h6H,2-5,8H2,1H3. The van der Waals surface area contributed by atoms with Gasteiger partial charge in [0.2, 0.25) is 0 Å². The van der Waals surface area contributed by atoms with E-state index in [-0.39, 0.29) is 5.66 Å². The molecular formula is C7H14N2.